The summed E-state index contributed by atoms with van der Waals surface area (Å²) in [5, 5.41) is 0. The number of unbranched alkanes of at least 4 members (excludes halogenated alkanes) is 15. The molecule has 0 heterocycles. The lowest BCUT2D eigenvalue weighted by atomic mass is 10.0. The van der Waals surface area contributed by atoms with Crippen LogP contribution in [0, 0.1) is 0 Å². The van der Waals surface area contributed by atoms with Gasteiger partial charge in [-0.15, -0.1) is 12.4 Å². The van der Waals surface area contributed by atoms with Crippen LogP contribution in [0.15, 0.2) is 30.3 Å². The summed E-state index contributed by atoms with van der Waals surface area (Å²) >= 11 is 0. The van der Waals surface area contributed by atoms with Crippen molar-refractivity contribution in [2.75, 3.05) is 20.6 Å². The highest BCUT2D eigenvalue weighted by Crippen LogP contribution is 2.15. The average molecular weight is 442 g/mol. The summed E-state index contributed by atoms with van der Waals surface area (Å²) in [5.74, 6) is 0. The second-order valence-corrected chi connectivity index (χ2v) is 9.61. The van der Waals surface area contributed by atoms with Crippen LogP contribution in [0.25, 0.3) is 0 Å². The van der Waals surface area contributed by atoms with Crippen molar-refractivity contribution in [3.05, 3.63) is 35.9 Å². The average Bonchev–Trinajstić information content (AvgIpc) is 2.68. The van der Waals surface area contributed by atoms with Gasteiger partial charge in [-0.05, 0) is 12.8 Å². The molecule has 0 aliphatic carbocycles. The van der Waals surface area contributed by atoms with Crippen LogP contribution >= 0.6 is 12.4 Å². The fourth-order valence-electron chi connectivity index (χ4n) is 4.24. The van der Waals surface area contributed by atoms with Crippen LogP contribution in [-0.4, -0.2) is 25.1 Å². The quantitative estimate of drug-likeness (QED) is 0.168. The minimum Gasteiger partial charge on any atom is -0.344 e. The highest BCUT2D eigenvalue weighted by molar-refractivity contribution is 5.85. The predicted octanol–water partition coefficient (Wildman–Crippen LogP) is 9.11. The molecule has 1 aromatic rings. The molecule has 3 heteroatoms. The van der Waals surface area contributed by atoms with Gasteiger partial charge in [-0.25, -0.2) is 0 Å². The molecule has 0 atom stereocenters. The van der Waals surface area contributed by atoms with E-state index in [1.54, 1.807) is 0 Å². The topological polar surface area (TPSA) is 35.0 Å². The van der Waals surface area contributed by atoms with Crippen LogP contribution in [0.5, 0.6) is 0 Å². The van der Waals surface area contributed by atoms with E-state index >= 15 is 0 Å². The molecule has 2 nitrogen and oxygen atoms in total. The molecule has 0 aliphatic rings. The Hall–Kier alpha value is -0.570. The van der Waals surface area contributed by atoms with Crippen LogP contribution in [0.3, 0.4) is 0 Å². The Kier molecular flexibility index (Phi) is 22.8. The maximum absolute atomic E-state index is 2.37. The lowest BCUT2D eigenvalue weighted by molar-refractivity contribution is -0.903. The molecule has 0 bridgehead atoms. The van der Waals surface area contributed by atoms with Crippen LogP contribution in [0.1, 0.15) is 115 Å². The first kappa shape index (κ1) is 31.6. The van der Waals surface area contributed by atoms with Crippen molar-refractivity contribution < 1.29 is 4.48 Å². The first-order chi connectivity index (χ1) is 13.6. The standard InChI is InChI=1S/C27H50N.ClH.H3N/c1-4-5-6-7-8-9-10-11-12-13-14-15-16-17-18-22-25-28(2,3)26-27-23-20-19-21-24-27;;/h19-21,23-24H,4-18,22,25-26H2,1-3H3;1H;1H3/q+1;;. The summed E-state index contributed by atoms with van der Waals surface area (Å²) in [7, 11) is 4.75. The molecule has 1 aromatic carbocycles. The summed E-state index contributed by atoms with van der Waals surface area (Å²) < 4.78 is 1.11. The molecule has 0 radical (unpaired) electrons. The number of nitrogens with zero attached hydrogens (tertiary/aromatic N) is 1. The van der Waals surface area contributed by atoms with E-state index < -0.39 is 0 Å². The van der Waals surface area contributed by atoms with E-state index in [4.69, 9.17) is 0 Å². The third-order valence-electron chi connectivity index (χ3n) is 6.07. The van der Waals surface area contributed by atoms with E-state index in [9.17, 15) is 0 Å². The smallest absolute Gasteiger partial charge is 0.104 e. The van der Waals surface area contributed by atoms with Crippen molar-refractivity contribution in [2.45, 2.75) is 116 Å². The molecular weight excluding hydrogens is 388 g/mol. The second kappa shape index (κ2) is 21.7. The van der Waals surface area contributed by atoms with Gasteiger partial charge in [-0.1, -0.05) is 127 Å². The van der Waals surface area contributed by atoms with Gasteiger partial charge in [0.1, 0.15) is 6.54 Å². The largest absolute Gasteiger partial charge is 0.344 e. The Balaban J connectivity index is 0. The molecule has 3 N–H and O–H groups in total. The highest BCUT2D eigenvalue weighted by Gasteiger charge is 2.14. The number of hydrogen-bond donors (Lipinski definition) is 1. The summed E-state index contributed by atoms with van der Waals surface area (Å²) in [5.41, 5.74) is 1.46. The van der Waals surface area contributed by atoms with E-state index in [1.165, 1.54) is 115 Å². The molecule has 0 saturated heterocycles. The zero-order valence-electron chi connectivity index (χ0n) is 20.7. The molecule has 0 saturated carbocycles. The third-order valence-corrected chi connectivity index (χ3v) is 6.07. The molecule has 0 aromatic heterocycles. The van der Waals surface area contributed by atoms with Crippen LogP contribution in [0.2, 0.25) is 0 Å². The van der Waals surface area contributed by atoms with Gasteiger partial charge in [0, 0.05) is 5.56 Å². The molecule has 30 heavy (non-hydrogen) atoms. The van der Waals surface area contributed by atoms with E-state index in [1.807, 2.05) is 0 Å². The van der Waals surface area contributed by atoms with Crippen LogP contribution in [0.4, 0.5) is 0 Å². The number of rotatable bonds is 19. The van der Waals surface area contributed by atoms with E-state index in [2.05, 4.69) is 51.4 Å². The molecule has 0 aliphatic heterocycles. The monoisotopic (exact) mass is 441 g/mol. The second-order valence-electron chi connectivity index (χ2n) is 9.61. The van der Waals surface area contributed by atoms with Crippen molar-refractivity contribution in [2.24, 2.45) is 0 Å². The predicted molar refractivity (Wildman–Crippen MR) is 139 cm³/mol. The highest BCUT2D eigenvalue weighted by atomic mass is 35.5. The van der Waals surface area contributed by atoms with Gasteiger partial charge < -0.3 is 10.6 Å². The van der Waals surface area contributed by atoms with Crippen molar-refractivity contribution in [3.8, 4) is 0 Å². The Morgan fingerprint density at radius 1 is 0.567 bits per heavy atom. The van der Waals surface area contributed by atoms with E-state index in [0.717, 1.165) is 11.0 Å². The maximum atomic E-state index is 2.37. The zero-order valence-corrected chi connectivity index (χ0v) is 21.5. The van der Waals surface area contributed by atoms with E-state index in [0.29, 0.717) is 0 Å². The Morgan fingerprint density at radius 3 is 1.33 bits per heavy atom. The molecule has 0 fully saturated rings. The fourth-order valence-corrected chi connectivity index (χ4v) is 4.24. The lowest BCUT2D eigenvalue weighted by Crippen LogP contribution is -2.39. The molecular formula is C27H54ClN2+. The van der Waals surface area contributed by atoms with E-state index in [-0.39, 0.29) is 18.6 Å². The maximum Gasteiger partial charge on any atom is 0.104 e. The van der Waals surface area contributed by atoms with Crippen LogP contribution < -0.4 is 6.15 Å². The van der Waals surface area contributed by atoms with Crippen molar-refractivity contribution in [1.82, 2.24) is 6.15 Å². The van der Waals surface area contributed by atoms with Gasteiger partial charge >= 0.3 is 0 Å². The number of benzene rings is 1. The minimum atomic E-state index is 0. The summed E-state index contributed by atoms with van der Waals surface area (Å²) in [6.07, 6.45) is 23.2. The lowest BCUT2D eigenvalue weighted by Gasteiger charge is -2.30. The first-order valence-electron chi connectivity index (χ1n) is 12.5. The molecule has 0 unspecified atom stereocenters. The van der Waals surface area contributed by atoms with Gasteiger partial charge in [-0.2, -0.15) is 0 Å². The molecule has 0 amide bonds. The van der Waals surface area contributed by atoms with Crippen molar-refractivity contribution in [1.29, 1.82) is 0 Å². The summed E-state index contributed by atoms with van der Waals surface area (Å²) in [4.78, 5) is 0. The third kappa shape index (κ3) is 19.4. The normalized spacial score (nSPS) is 11.0. The summed E-state index contributed by atoms with van der Waals surface area (Å²) in [6.45, 7) is 4.75. The van der Waals surface area contributed by atoms with Gasteiger partial charge in [0.25, 0.3) is 0 Å². The fraction of sp³-hybridized carbons (Fsp3) is 0.778. The van der Waals surface area contributed by atoms with Gasteiger partial charge in [0.2, 0.25) is 0 Å². The Morgan fingerprint density at radius 2 is 0.933 bits per heavy atom. The Labute approximate surface area is 195 Å². The van der Waals surface area contributed by atoms with Gasteiger partial charge in [0.05, 0.1) is 20.6 Å². The number of halogens is 1. The molecule has 1 rings (SSSR count). The number of hydrogen-bond acceptors (Lipinski definition) is 1. The minimum absolute atomic E-state index is 0. The number of quaternary nitrogens is 1. The van der Waals surface area contributed by atoms with Gasteiger partial charge in [0.15, 0.2) is 0 Å². The first-order valence-corrected chi connectivity index (χ1v) is 12.5. The SMILES string of the molecule is CCCCCCCCCCCCCCCCCC[N+](C)(C)Cc1ccccc1.Cl.N. The van der Waals surface area contributed by atoms with Crippen LogP contribution in [-0.2, 0) is 6.54 Å². The van der Waals surface area contributed by atoms with Crippen molar-refractivity contribution >= 4 is 12.4 Å². The zero-order chi connectivity index (χ0) is 20.3. The van der Waals surface area contributed by atoms with Gasteiger partial charge in [-0.3, -0.25) is 0 Å². The molecule has 178 valence electrons. The van der Waals surface area contributed by atoms with Crippen molar-refractivity contribution in [3.63, 3.8) is 0 Å². The molecule has 0 spiro atoms. The Bertz CT molecular complexity index is 447. The summed E-state index contributed by atoms with van der Waals surface area (Å²) in [6, 6.07) is 10.9.